The zero-order valence-corrected chi connectivity index (χ0v) is 11.3. The van der Waals surface area contributed by atoms with Crippen molar-refractivity contribution >= 4 is 11.9 Å². The Morgan fingerprint density at radius 3 is 2.00 bits per heavy atom. The standard InChI is InChI=1S/C13H22O4/c1-6-16-12(14)10(5)11(8-9(3)4)13(15)17-7-2/h8-10H,6-7H2,1-5H3. The third kappa shape index (κ3) is 5.52. The highest BCUT2D eigenvalue weighted by Gasteiger charge is 2.25. The molecule has 0 saturated carbocycles. The van der Waals surface area contributed by atoms with Gasteiger partial charge in [-0.25, -0.2) is 4.79 Å². The lowest BCUT2D eigenvalue weighted by atomic mass is 9.97. The Morgan fingerprint density at radius 1 is 1.06 bits per heavy atom. The molecule has 17 heavy (non-hydrogen) atoms. The van der Waals surface area contributed by atoms with Gasteiger partial charge in [0.15, 0.2) is 0 Å². The van der Waals surface area contributed by atoms with Gasteiger partial charge < -0.3 is 9.47 Å². The van der Waals surface area contributed by atoms with Crippen LogP contribution in [-0.4, -0.2) is 25.2 Å². The van der Waals surface area contributed by atoms with E-state index in [1.807, 2.05) is 13.8 Å². The third-order valence-corrected chi connectivity index (χ3v) is 2.13. The first-order valence-corrected chi connectivity index (χ1v) is 5.99. The normalized spacial score (nSPS) is 13.4. The molecule has 98 valence electrons. The van der Waals surface area contributed by atoms with Crippen molar-refractivity contribution < 1.29 is 19.1 Å². The van der Waals surface area contributed by atoms with Gasteiger partial charge in [-0.15, -0.1) is 0 Å². The molecule has 1 unspecified atom stereocenters. The molecule has 0 fully saturated rings. The van der Waals surface area contributed by atoms with Gasteiger partial charge in [-0.05, 0) is 26.7 Å². The Balaban J connectivity index is 4.92. The predicted molar refractivity (Wildman–Crippen MR) is 65.4 cm³/mol. The van der Waals surface area contributed by atoms with Crippen molar-refractivity contribution in [2.45, 2.75) is 34.6 Å². The van der Waals surface area contributed by atoms with E-state index in [9.17, 15) is 9.59 Å². The van der Waals surface area contributed by atoms with Gasteiger partial charge in [-0.1, -0.05) is 19.9 Å². The molecule has 0 saturated heterocycles. The maximum Gasteiger partial charge on any atom is 0.334 e. The molecule has 0 aliphatic heterocycles. The molecule has 4 nitrogen and oxygen atoms in total. The van der Waals surface area contributed by atoms with Gasteiger partial charge in [0.05, 0.1) is 19.1 Å². The summed E-state index contributed by atoms with van der Waals surface area (Å²) in [5.74, 6) is -1.25. The quantitative estimate of drug-likeness (QED) is 0.530. The smallest absolute Gasteiger partial charge is 0.334 e. The summed E-state index contributed by atoms with van der Waals surface area (Å²) in [6.45, 7) is 9.61. The molecule has 0 bridgehead atoms. The van der Waals surface area contributed by atoms with Gasteiger partial charge in [-0.3, -0.25) is 4.79 Å². The fourth-order valence-corrected chi connectivity index (χ4v) is 1.36. The number of hydrogen-bond donors (Lipinski definition) is 0. The van der Waals surface area contributed by atoms with Crippen molar-refractivity contribution in [2.75, 3.05) is 13.2 Å². The van der Waals surface area contributed by atoms with E-state index in [1.54, 1.807) is 26.8 Å². The lowest BCUT2D eigenvalue weighted by molar-refractivity contribution is -0.149. The molecular weight excluding hydrogens is 220 g/mol. The first kappa shape index (κ1) is 15.7. The zero-order valence-electron chi connectivity index (χ0n) is 11.3. The SMILES string of the molecule is CCOC(=O)C(=CC(C)C)C(C)C(=O)OCC. The highest BCUT2D eigenvalue weighted by molar-refractivity contribution is 5.95. The van der Waals surface area contributed by atoms with Crippen LogP contribution in [0.1, 0.15) is 34.6 Å². The number of ether oxygens (including phenoxy) is 2. The van der Waals surface area contributed by atoms with Gasteiger partial charge in [-0.2, -0.15) is 0 Å². The van der Waals surface area contributed by atoms with Crippen molar-refractivity contribution in [1.29, 1.82) is 0 Å². The summed E-state index contributed by atoms with van der Waals surface area (Å²) in [7, 11) is 0. The molecule has 0 aliphatic rings. The predicted octanol–water partition coefficient (Wildman–Crippen LogP) is 2.33. The molecule has 4 heteroatoms. The van der Waals surface area contributed by atoms with Crippen LogP contribution in [0.25, 0.3) is 0 Å². The fourth-order valence-electron chi connectivity index (χ4n) is 1.36. The van der Waals surface area contributed by atoms with Gasteiger partial charge in [0, 0.05) is 5.57 Å². The van der Waals surface area contributed by atoms with Crippen LogP contribution >= 0.6 is 0 Å². The maximum atomic E-state index is 11.7. The van der Waals surface area contributed by atoms with Gasteiger partial charge in [0.25, 0.3) is 0 Å². The highest BCUT2D eigenvalue weighted by Crippen LogP contribution is 2.17. The van der Waals surface area contributed by atoms with Crippen LogP contribution in [-0.2, 0) is 19.1 Å². The summed E-state index contributed by atoms with van der Waals surface area (Å²) in [6.07, 6.45) is 1.75. The number of carbonyl (C=O) groups excluding carboxylic acids is 2. The zero-order chi connectivity index (χ0) is 13.4. The molecule has 0 heterocycles. The van der Waals surface area contributed by atoms with E-state index in [4.69, 9.17) is 9.47 Å². The number of allylic oxidation sites excluding steroid dienone is 1. The Labute approximate surface area is 103 Å². The molecule has 1 atom stereocenters. The van der Waals surface area contributed by atoms with E-state index in [0.717, 1.165) is 0 Å². The summed E-state index contributed by atoms with van der Waals surface area (Å²) in [5.41, 5.74) is 0.375. The number of rotatable bonds is 6. The lowest BCUT2D eigenvalue weighted by Gasteiger charge is -2.14. The van der Waals surface area contributed by atoms with Crippen LogP contribution in [0.4, 0.5) is 0 Å². The van der Waals surface area contributed by atoms with Crippen molar-refractivity contribution in [1.82, 2.24) is 0 Å². The molecule has 0 N–H and O–H groups in total. The van der Waals surface area contributed by atoms with E-state index in [-0.39, 0.29) is 5.92 Å². The first-order valence-electron chi connectivity index (χ1n) is 5.99. The minimum atomic E-state index is -0.587. The van der Waals surface area contributed by atoms with Crippen molar-refractivity contribution in [2.24, 2.45) is 11.8 Å². The average Bonchev–Trinajstić information content (AvgIpc) is 2.25. The number of esters is 2. The van der Waals surface area contributed by atoms with Gasteiger partial charge in [0.2, 0.25) is 0 Å². The Morgan fingerprint density at radius 2 is 1.59 bits per heavy atom. The first-order chi connectivity index (χ1) is 7.93. The van der Waals surface area contributed by atoms with Gasteiger partial charge in [0.1, 0.15) is 0 Å². The molecular formula is C13H22O4. The average molecular weight is 242 g/mol. The molecule has 0 aromatic rings. The number of hydrogen-bond acceptors (Lipinski definition) is 4. The molecule has 0 rings (SSSR count). The van der Waals surface area contributed by atoms with Crippen molar-refractivity contribution in [3.8, 4) is 0 Å². The van der Waals surface area contributed by atoms with E-state index in [0.29, 0.717) is 18.8 Å². The van der Waals surface area contributed by atoms with Crippen LogP contribution in [0.2, 0.25) is 0 Å². The monoisotopic (exact) mass is 242 g/mol. The van der Waals surface area contributed by atoms with Crippen molar-refractivity contribution in [3.05, 3.63) is 11.6 Å². The van der Waals surface area contributed by atoms with Crippen LogP contribution < -0.4 is 0 Å². The molecule has 0 aromatic carbocycles. The summed E-state index contributed by atoms with van der Waals surface area (Å²) in [4.78, 5) is 23.3. The molecule has 0 amide bonds. The Hall–Kier alpha value is -1.32. The minimum Gasteiger partial charge on any atom is -0.466 e. The summed E-state index contributed by atoms with van der Waals surface area (Å²) in [5, 5.41) is 0. The van der Waals surface area contributed by atoms with Crippen LogP contribution in [0.3, 0.4) is 0 Å². The third-order valence-electron chi connectivity index (χ3n) is 2.13. The van der Waals surface area contributed by atoms with Crippen LogP contribution in [0.5, 0.6) is 0 Å². The molecule has 0 spiro atoms. The summed E-state index contributed by atoms with van der Waals surface area (Å²) in [6, 6.07) is 0. The second-order valence-corrected chi connectivity index (χ2v) is 4.06. The largest absolute Gasteiger partial charge is 0.466 e. The molecule has 0 aliphatic carbocycles. The second-order valence-electron chi connectivity index (χ2n) is 4.06. The highest BCUT2D eigenvalue weighted by atomic mass is 16.5. The van der Waals surface area contributed by atoms with E-state index < -0.39 is 17.9 Å². The van der Waals surface area contributed by atoms with Crippen molar-refractivity contribution in [3.63, 3.8) is 0 Å². The topological polar surface area (TPSA) is 52.6 Å². The van der Waals surface area contributed by atoms with E-state index >= 15 is 0 Å². The lowest BCUT2D eigenvalue weighted by Crippen LogP contribution is -2.23. The maximum absolute atomic E-state index is 11.7. The molecule has 0 aromatic heterocycles. The molecule has 0 radical (unpaired) electrons. The Kier molecular flexibility index (Phi) is 7.26. The van der Waals surface area contributed by atoms with Crippen LogP contribution in [0, 0.1) is 11.8 Å². The minimum absolute atomic E-state index is 0.172. The van der Waals surface area contributed by atoms with E-state index in [1.165, 1.54) is 0 Å². The van der Waals surface area contributed by atoms with E-state index in [2.05, 4.69) is 0 Å². The van der Waals surface area contributed by atoms with Gasteiger partial charge >= 0.3 is 11.9 Å². The number of carbonyl (C=O) groups is 2. The fraction of sp³-hybridized carbons (Fsp3) is 0.692. The second kappa shape index (κ2) is 7.87. The van der Waals surface area contributed by atoms with Crippen LogP contribution in [0.15, 0.2) is 11.6 Å². The summed E-state index contributed by atoms with van der Waals surface area (Å²) < 4.78 is 9.85. The summed E-state index contributed by atoms with van der Waals surface area (Å²) >= 11 is 0. The Bertz CT molecular complexity index is 292.